The number of carbonyl (C=O) groups is 4. The Morgan fingerprint density at radius 1 is 0.931 bits per heavy atom. The van der Waals surface area contributed by atoms with E-state index in [4.69, 9.17) is 28.4 Å². The number of hydrogen-bond acceptors (Lipinski definition) is 10. The maximum Gasteiger partial charge on any atom is 0.320 e. The molecule has 0 saturated carbocycles. The molecule has 1 saturated heterocycles. The fraction of sp³-hybridized carbons (Fsp3) is 0.789. The van der Waals surface area contributed by atoms with Crippen molar-refractivity contribution >= 4 is 23.9 Å². The highest BCUT2D eigenvalue weighted by Crippen LogP contribution is 2.34. The van der Waals surface area contributed by atoms with Crippen molar-refractivity contribution < 1.29 is 47.6 Å². The van der Waals surface area contributed by atoms with Crippen LogP contribution in [0.15, 0.2) is 0 Å². The maximum absolute atomic E-state index is 12.7. The quantitative estimate of drug-likeness (QED) is 0.288. The molecule has 0 aromatic carbocycles. The summed E-state index contributed by atoms with van der Waals surface area (Å²) in [7, 11) is 1.32. The largest absolute Gasteiger partial charge is 0.465 e. The van der Waals surface area contributed by atoms with E-state index in [1.165, 1.54) is 21.0 Å². The monoisotopic (exact) mass is 418 g/mol. The number of esters is 4. The molecule has 1 fully saturated rings. The van der Waals surface area contributed by atoms with Crippen molar-refractivity contribution in [3.8, 4) is 0 Å². The molecule has 0 amide bonds. The van der Waals surface area contributed by atoms with Gasteiger partial charge in [0, 0.05) is 21.0 Å². The first-order valence-corrected chi connectivity index (χ1v) is 9.58. The molecule has 0 spiro atoms. The average Bonchev–Trinajstić information content (AvgIpc) is 2.66. The van der Waals surface area contributed by atoms with Crippen molar-refractivity contribution in [1.29, 1.82) is 0 Å². The van der Waals surface area contributed by atoms with Gasteiger partial charge in [0.15, 0.2) is 18.3 Å². The Balaban J connectivity index is 3.35. The molecule has 0 aromatic heterocycles. The molecule has 1 aliphatic heterocycles. The van der Waals surface area contributed by atoms with Crippen LogP contribution in [0.1, 0.15) is 40.5 Å². The zero-order valence-electron chi connectivity index (χ0n) is 17.5. The van der Waals surface area contributed by atoms with E-state index in [9.17, 15) is 19.2 Å². The third kappa shape index (κ3) is 7.28. The summed E-state index contributed by atoms with van der Waals surface area (Å²) in [5.74, 6) is -5.68. The summed E-state index contributed by atoms with van der Waals surface area (Å²) >= 11 is 0. The van der Waals surface area contributed by atoms with Crippen LogP contribution in [0.5, 0.6) is 0 Å². The molecule has 0 N–H and O–H groups in total. The summed E-state index contributed by atoms with van der Waals surface area (Å²) in [4.78, 5) is 48.7. The van der Waals surface area contributed by atoms with Gasteiger partial charge in [-0.3, -0.25) is 19.2 Å². The zero-order chi connectivity index (χ0) is 22.0. The Hall–Kier alpha value is -2.20. The number of rotatable bonds is 10. The van der Waals surface area contributed by atoms with E-state index < -0.39 is 54.2 Å². The molecular formula is C19H30O10. The zero-order valence-corrected chi connectivity index (χ0v) is 17.5. The van der Waals surface area contributed by atoms with Gasteiger partial charge in [0.1, 0.15) is 6.10 Å². The molecule has 1 heterocycles. The molecule has 1 aliphatic rings. The standard InChI is InChI=1S/C19H30O10/c1-6-8-25-17(22)15(18(23)26-9-7-2)14-16(29-12(4)21)13(28-11(3)20)10-27-19(14)24-5/h13-16,19H,6-10H2,1-5H3/t13-,14+,16-,19-/m1/s1. The van der Waals surface area contributed by atoms with Gasteiger partial charge in [-0.2, -0.15) is 0 Å². The van der Waals surface area contributed by atoms with Crippen LogP contribution in [-0.2, 0) is 47.6 Å². The van der Waals surface area contributed by atoms with Crippen molar-refractivity contribution in [2.75, 3.05) is 26.9 Å². The van der Waals surface area contributed by atoms with Crippen LogP contribution in [0.25, 0.3) is 0 Å². The number of carbonyl (C=O) groups excluding carboxylic acids is 4. The predicted octanol–water partition coefficient (Wildman–Crippen LogP) is 0.991. The van der Waals surface area contributed by atoms with Gasteiger partial charge >= 0.3 is 23.9 Å². The highest BCUT2D eigenvalue weighted by atomic mass is 16.7. The van der Waals surface area contributed by atoms with Crippen LogP contribution in [0.3, 0.4) is 0 Å². The lowest BCUT2D eigenvalue weighted by Crippen LogP contribution is -2.58. The molecule has 29 heavy (non-hydrogen) atoms. The van der Waals surface area contributed by atoms with Crippen molar-refractivity contribution in [3.63, 3.8) is 0 Å². The molecule has 1 rings (SSSR count). The fourth-order valence-electron chi connectivity index (χ4n) is 3.03. The molecule has 0 aliphatic carbocycles. The minimum absolute atomic E-state index is 0.0905. The lowest BCUT2D eigenvalue weighted by atomic mass is 9.82. The SMILES string of the molecule is CCCOC(=O)C(C(=O)OCCC)[C@@H]1[C@H](OC)OC[C@@H](OC(C)=O)[C@H]1OC(C)=O. The first-order chi connectivity index (χ1) is 13.8. The smallest absolute Gasteiger partial charge is 0.320 e. The van der Waals surface area contributed by atoms with E-state index in [1.807, 2.05) is 0 Å². The fourth-order valence-corrected chi connectivity index (χ4v) is 3.03. The second-order valence-corrected chi connectivity index (χ2v) is 6.55. The summed E-state index contributed by atoms with van der Waals surface area (Å²) in [6.45, 7) is 5.99. The molecule has 4 atom stereocenters. The van der Waals surface area contributed by atoms with Crippen molar-refractivity contribution in [3.05, 3.63) is 0 Å². The Kier molecular flexibility index (Phi) is 10.6. The molecule has 0 aromatic rings. The Morgan fingerprint density at radius 3 is 1.86 bits per heavy atom. The van der Waals surface area contributed by atoms with Gasteiger partial charge in [0.05, 0.1) is 25.7 Å². The Bertz CT molecular complexity index is 555. The summed E-state index contributed by atoms with van der Waals surface area (Å²) in [6.07, 6.45) is -2.22. The number of hydrogen-bond donors (Lipinski definition) is 0. The Labute approximate surface area is 170 Å². The molecule has 0 radical (unpaired) electrons. The van der Waals surface area contributed by atoms with Gasteiger partial charge in [-0.25, -0.2) is 0 Å². The van der Waals surface area contributed by atoms with E-state index in [2.05, 4.69) is 0 Å². The number of methoxy groups -OCH3 is 1. The van der Waals surface area contributed by atoms with Gasteiger partial charge in [0.25, 0.3) is 0 Å². The molecular weight excluding hydrogens is 388 g/mol. The van der Waals surface area contributed by atoms with Gasteiger partial charge in [-0.15, -0.1) is 0 Å². The summed E-state index contributed by atoms with van der Waals surface area (Å²) in [5.41, 5.74) is 0. The van der Waals surface area contributed by atoms with E-state index >= 15 is 0 Å². The predicted molar refractivity (Wildman–Crippen MR) is 97.3 cm³/mol. The third-order valence-corrected chi connectivity index (χ3v) is 4.13. The molecule has 10 heteroatoms. The van der Waals surface area contributed by atoms with Gasteiger partial charge in [-0.05, 0) is 12.8 Å². The first kappa shape index (κ1) is 24.8. The van der Waals surface area contributed by atoms with Crippen LogP contribution in [0.2, 0.25) is 0 Å². The van der Waals surface area contributed by atoms with Crippen LogP contribution in [0, 0.1) is 11.8 Å². The molecule has 10 nitrogen and oxygen atoms in total. The van der Waals surface area contributed by atoms with Crippen molar-refractivity contribution in [2.24, 2.45) is 11.8 Å². The van der Waals surface area contributed by atoms with Gasteiger partial charge in [-0.1, -0.05) is 13.8 Å². The average molecular weight is 418 g/mol. The summed E-state index contributed by atoms with van der Waals surface area (Å²) < 4.78 is 31.7. The van der Waals surface area contributed by atoms with E-state index in [1.54, 1.807) is 13.8 Å². The van der Waals surface area contributed by atoms with Crippen LogP contribution in [0.4, 0.5) is 0 Å². The summed E-state index contributed by atoms with van der Waals surface area (Å²) in [5, 5.41) is 0. The van der Waals surface area contributed by atoms with E-state index in [-0.39, 0.29) is 19.8 Å². The van der Waals surface area contributed by atoms with Crippen molar-refractivity contribution in [1.82, 2.24) is 0 Å². The third-order valence-electron chi connectivity index (χ3n) is 4.13. The molecule has 0 bridgehead atoms. The first-order valence-electron chi connectivity index (χ1n) is 9.58. The van der Waals surface area contributed by atoms with Gasteiger partial charge in [0.2, 0.25) is 0 Å². The summed E-state index contributed by atoms with van der Waals surface area (Å²) in [6, 6.07) is 0. The van der Waals surface area contributed by atoms with Crippen molar-refractivity contribution in [2.45, 2.75) is 59.0 Å². The lowest BCUT2D eigenvalue weighted by Gasteiger charge is -2.42. The van der Waals surface area contributed by atoms with Crippen LogP contribution >= 0.6 is 0 Å². The normalized spacial score (nSPS) is 23.9. The molecule has 0 unspecified atom stereocenters. The number of ether oxygens (including phenoxy) is 6. The van der Waals surface area contributed by atoms with E-state index in [0.717, 1.165) is 0 Å². The maximum atomic E-state index is 12.7. The van der Waals surface area contributed by atoms with Crippen LogP contribution < -0.4 is 0 Å². The van der Waals surface area contributed by atoms with Crippen LogP contribution in [-0.4, -0.2) is 69.3 Å². The second-order valence-electron chi connectivity index (χ2n) is 6.55. The Morgan fingerprint density at radius 2 is 1.45 bits per heavy atom. The minimum Gasteiger partial charge on any atom is -0.465 e. The topological polar surface area (TPSA) is 124 Å². The highest BCUT2D eigenvalue weighted by molar-refractivity contribution is 5.95. The lowest BCUT2D eigenvalue weighted by molar-refractivity contribution is -0.263. The minimum atomic E-state index is -1.50. The van der Waals surface area contributed by atoms with E-state index in [0.29, 0.717) is 12.8 Å². The highest BCUT2D eigenvalue weighted by Gasteiger charge is 2.54. The second kappa shape index (κ2) is 12.4. The van der Waals surface area contributed by atoms with Gasteiger partial charge < -0.3 is 28.4 Å². The molecule has 166 valence electrons.